The molecule has 0 amide bonds. The number of benzene rings is 2. The summed E-state index contributed by atoms with van der Waals surface area (Å²) in [5.74, 6) is 2.70. The Balaban J connectivity index is 1.93. The second kappa shape index (κ2) is 8.66. The molecule has 1 aromatic heterocycles. The minimum absolute atomic E-state index is 0.487. The van der Waals surface area contributed by atoms with Crippen molar-refractivity contribution >= 4 is 29.0 Å². The van der Waals surface area contributed by atoms with Gasteiger partial charge in [0, 0.05) is 17.7 Å². The van der Waals surface area contributed by atoms with Crippen molar-refractivity contribution in [3.8, 4) is 34.2 Å². The highest BCUT2D eigenvalue weighted by atomic mass is 35.5. The monoisotopic (exact) mass is 447 g/mol. The average Bonchev–Trinajstić information content (AvgIpc) is 2.95. The largest absolute Gasteiger partial charge is 0.493 e. The predicted octanol–water partition coefficient (Wildman–Crippen LogP) is 5.62. The van der Waals surface area contributed by atoms with E-state index in [1.54, 1.807) is 27.4 Å². The van der Waals surface area contributed by atoms with Crippen molar-refractivity contribution < 1.29 is 14.2 Å². The van der Waals surface area contributed by atoms with Crippen LogP contribution in [-0.2, 0) is 6.42 Å². The number of methoxy groups -OCH3 is 3. The smallest absolute Gasteiger partial charge is 0.203 e. The van der Waals surface area contributed by atoms with Gasteiger partial charge in [0.15, 0.2) is 11.5 Å². The fraction of sp³-hybridized carbons (Fsp3) is 0.318. The van der Waals surface area contributed by atoms with Gasteiger partial charge in [-0.3, -0.25) is 0 Å². The highest BCUT2D eigenvalue weighted by Crippen LogP contribution is 2.43. The molecule has 0 spiro atoms. The Morgan fingerprint density at radius 1 is 0.933 bits per heavy atom. The molecule has 0 aliphatic carbocycles. The van der Waals surface area contributed by atoms with Crippen LogP contribution in [0.3, 0.4) is 0 Å². The zero-order chi connectivity index (χ0) is 21.3. The van der Waals surface area contributed by atoms with Crippen LogP contribution in [0.25, 0.3) is 16.9 Å². The molecule has 158 valence electrons. The SMILES string of the molecule is COc1cc(-c2nn(-c3ccc(Cl)c(Cl)c3)c3c2CCCCN3)cc(OC)c1OC. The molecule has 4 rings (SSSR count). The molecule has 0 saturated carbocycles. The number of aromatic nitrogens is 2. The molecule has 1 aliphatic rings. The van der Waals surface area contributed by atoms with Crippen molar-refractivity contribution in [2.45, 2.75) is 19.3 Å². The standard InChI is InChI=1S/C22H23Cl2N3O3/c1-28-18-10-13(11-19(29-2)21(18)30-3)20-15-6-4-5-9-25-22(15)27(26-20)14-7-8-16(23)17(24)12-14/h7-8,10-12,25H,4-6,9H2,1-3H3. The Hall–Kier alpha value is -2.57. The van der Waals surface area contributed by atoms with E-state index in [9.17, 15) is 0 Å². The molecule has 30 heavy (non-hydrogen) atoms. The van der Waals surface area contributed by atoms with E-state index in [1.807, 2.05) is 28.9 Å². The summed E-state index contributed by atoms with van der Waals surface area (Å²) < 4.78 is 18.4. The quantitative estimate of drug-likeness (QED) is 0.549. The van der Waals surface area contributed by atoms with Crippen LogP contribution in [0.1, 0.15) is 18.4 Å². The normalized spacial score (nSPS) is 13.2. The molecule has 0 bridgehead atoms. The second-order valence-corrected chi connectivity index (χ2v) is 7.80. The minimum atomic E-state index is 0.487. The van der Waals surface area contributed by atoms with Crippen molar-refractivity contribution in [1.82, 2.24) is 9.78 Å². The highest BCUT2D eigenvalue weighted by molar-refractivity contribution is 6.42. The van der Waals surface area contributed by atoms with E-state index in [1.165, 1.54) is 0 Å². The fourth-order valence-electron chi connectivity index (χ4n) is 3.76. The molecule has 1 aliphatic heterocycles. The maximum Gasteiger partial charge on any atom is 0.203 e. The summed E-state index contributed by atoms with van der Waals surface area (Å²) in [6.07, 6.45) is 3.07. The Morgan fingerprint density at radius 3 is 2.30 bits per heavy atom. The first-order chi connectivity index (χ1) is 14.6. The molecule has 0 atom stereocenters. The molecule has 0 unspecified atom stereocenters. The summed E-state index contributed by atoms with van der Waals surface area (Å²) in [7, 11) is 4.81. The van der Waals surface area contributed by atoms with Crippen LogP contribution in [0.15, 0.2) is 30.3 Å². The number of anilines is 1. The van der Waals surface area contributed by atoms with Crippen LogP contribution >= 0.6 is 23.2 Å². The average molecular weight is 448 g/mol. The van der Waals surface area contributed by atoms with Gasteiger partial charge in [0.05, 0.1) is 42.8 Å². The van der Waals surface area contributed by atoms with Gasteiger partial charge in [-0.2, -0.15) is 5.10 Å². The van der Waals surface area contributed by atoms with E-state index < -0.39 is 0 Å². The first kappa shape index (κ1) is 20.7. The van der Waals surface area contributed by atoms with E-state index in [0.717, 1.165) is 54.1 Å². The fourth-order valence-corrected chi connectivity index (χ4v) is 4.05. The Kier molecular flexibility index (Phi) is 5.97. The Labute approximate surface area is 185 Å². The lowest BCUT2D eigenvalue weighted by molar-refractivity contribution is 0.324. The van der Waals surface area contributed by atoms with Crippen LogP contribution in [0.5, 0.6) is 17.2 Å². The lowest BCUT2D eigenvalue weighted by atomic mass is 10.0. The maximum absolute atomic E-state index is 6.28. The lowest BCUT2D eigenvalue weighted by Crippen LogP contribution is -2.07. The summed E-state index contributed by atoms with van der Waals surface area (Å²) >= 11 is 12.4. The van der Waals surface area contributed by atoms with Gasteiger partial charge in [-0.15, -0.1) is 0 Å². The van der Waals surface area contributed by atoms with Gasteiger partial charge in [-0.1, -0.05) is 23.2 Å². The van der Waals surface area contributed by atoms with E-state index in [-0.39, 0.29) is 0 Å². The molecule has 0 saturated heterocycles. The number of ether oxygens (including phenoxy) is 3. The first-order valence-corrected chi connectivity index (χ1v) is 10.4. The number of fused-ring (bicyclic) bond motifs is 1. The molecule has 3 aromatic rings. The summed E-state index contributed by atoms with van der Waals surface area (Å²) in [5.41, 5.74) is 3.74. The summed E-state index contributed by atoms with van der Waals surface area (Å²) in [6.45, 7) is 0.884. The Morgan fingerprint density at radius 2 is 1.67 bits per heavy atom. The van der Waals surface area contributed by atoms with Crippen molar-refractivity contribution in [2.24, 2.45) is 0 Å². The molecular formula is C22H23Cl2N3O3. The van der Waals surface area contributed by atoms with Gasteiger partial charge in [0.25, 0.3) is 0 Å². The van der Waals surface area contributed by atoms with Gasteiger partial charge in [0.2, 0.25) is 5.75 Å². The third-order valence-electron chi connectivity index (χ3n) is 5.22. The van der Waals surface area contributed by atoms with E-state index in [4.69, 9.17) is 42.5 Å². The zero-order valence-electron chi connectivity index (χ0n) is 17.1. The summed E-state index contributed by atoms with van der Waals surface area (Å²) in [4.78, 5) is 0. The number of halogens is 2. The van der Waals surface area contributed by atoms with Crippen LogP contribution < -0.4 is 19.5 Å². The van der Waals surface area contributed by atoms with E-state index in [2.05, 4.69) is 5.32 Å². The van der Waals surface area contributed by atoms with Gasteiger partial charge in [0.1, 0.15) is 5.82 Å². The first-order valence-electron chi connectivity index (χ1n) is 9.69. The minimum Gasteiger partial charge on any atom is -0.493 e. The van der Waals surface area contributed by atoms with Gasteiger partial charge in [-0.05, 0) is 49.6 Å². The van der Waals surface area contributed by atoms with Gasteiger partial charge >= 0.3 is 0 Å². The van der Waals surface area contributed by atoms with Gasteiger partial charge < -0.3 is 19.5 Å². The lowest BCUT2D eigenvalue weighted by Gasteiger charge is -2.14. The van der Waals surface area contributed by atoms with Crippen LogP contribution in [0, 0.1) is 0 Å². The van der Waals surface area contributed by atoms with Crippen LogP contribution in [0.4, 0.5) is 5.82 Å². The maximum atomic E-state index is 6.28. The summed E-state index contributed by atoms with van der Waals surface area (Å²) in [6, 6.07) is 9.36. The van der Waals surface area contributed by atoms with Gasteiger partial charge in [-0.25, -0.2) is 4.68 Å². The zero-order valence-corrected chi connectivity index (χ0v) is 18.6. The molecule has 1 N–H and O–H groups in total. The highest BCUT2D eigenvalue weighted by Gasteiger charge is 2.24. The topological polar surface area (TPSA) is 57.5 Å². The molecule has 0 fully saturated rings. The number of nitrogens with one attached hydrogen (secondary N) is 1. The van der Waals surface area contributed by atoms with Crippen LogP contribution in [0.2, 0.25) is 10.0 Å². The number of rotatable bonds is 5. The predicted molar refractivity (Wildman–Crippen MR) is 120 cm³/mol. The molecule has 0 radical (unpaired) electrons. The van der Waals surface area contributed by atoms with Crippen molar-refractivity contribution in [3.63, 3.8) is 0 Å². The van der Waals surface area contributed by atoms with Crippen molar-refractivity contribution in [3.05, 3.63) is 45.9 Å². The molecule has 6 nitrogen and oxygen atoms in total. The number of hydrogen-bond acceptors (Lipinski definition) is 5. The number of hydrogen-bond donors (Lipinski definition) is 1. The van der Waals surface area contributed by atoms with E-state index >= 15 is 0 Å². The van der Waals surface area contributed by atoms with E-state index in [0.29, 0.717) is 27.3 Å². The van der Waals surface area contributed by atoms with Crippen LogP contribution in [-0.4, -0.2) is 37.7 Å². The second-order valence-electron chi connectivity index (χ2n) is 6.98. The van der Waals surface area contributed by atoms with Crippen molar-refractivity contribution in [2.75, 3.05) is 33.2 Å². The molecule has 2 heterocycles. The molecular weight excluding hydrogens is 425 g/mol. The Bertz CT molecular complexity index is 1060. The summed E-state index contributed by atoms with van der Waals surface area (Å²) in [5, 5.41) is 9.48. The molecule has 2 aromatic carbocycles. The third-order valence-corrected chi connectivity index (χ3v) is 5.95. The molecule has 8 heteroatoms. The third kappa shape index (κ3) is 3.66. The number of nitrogens with zero attached hydrogens (tertiary/aromatic N) is 2. The van der Waals surface area contributed by atoms with Crippen molar-refractivity contribution in [1.29, 1.82) is 0 Å².